The third-order valence-electron chi connectivity index (χ3n) is 2.32. The predicted molar refractivity (Wildman–Crippen MR) is 68.0 cm³/mol. The predicted octanol–water partition coefficient (Wildman–Crippen LogP) is 2.82. The van der Waals surface area contributed by atoms with Crippen LogP contribution in [-0.2, 0) is 0 Å². The van der Waals surface area contributed by atoms with Gasteiger partial charge in [0.05, 0.1) is 32.3 Å². The van der Waals surface area contributed by atoms with Crippen LogP contribution in [0.3, 0.4) is 0 Å². The second-order valence-electron chi connectivity index (χ2n) is 3.41. The maximum absolute atomic E-state index is 5.21. The van der Waals surface area contributed by atoms with Crippen LogP contribution >= 0.6 is 12.2 Å². The van der Waals surface area contributed by atoms with Gasteiger partial charge in [0.15, 0.2) is 0 Å². The zero-order chi connectivity index (χ0) is 12.3. The normalized spacial score (nSPS) is 10.0. The molecule has 0 aliphatic heterocycles. The van der Waals surface area contributed by atoms with Crippen molar-refractivity contribution in [2.75, 3.05) is 14.2 Å². The van der Waals surface area contributed by atoms with Gasteiger partial charge < -0.3 is 14.5 Å². The van der Waals surface area contributed by atoms with Gasteiger partial charge in [-0.2, -0.15) is 0 Å². The molecule has 2 rings (SSSR count). The number of aromatic amines is 1. The van der Waals surface area contributed by atoms with Crippen molar-refractivity contribution >= 4 is 12.2 Å². The molecule has 0 bridgehead atoms. The van der Waals surface area contributed by atoms with E-state index < -0.39 is 0 Å². The Kier molecular flexibility index (Phi) is 3.39. The molecule has 5 heteroatoms. The lowest BCUT2D eigenvalue weighted by atomic mass is 10.1. The van der Waals surface area contributed by atoms with Crippen LogP contribution in [0.15, 0.2) is 30.6 Å². The van der Waals surface area contributed by atoms with Crippen molar-refractivity contribution in [3.8, 4) is 22.8 Å². The summed E-state index contributed by atoms with van der Waals surface area (Å²) in [4.78, 5) is 7.12. The van der Waals surface area contributed by atoms with Crippen LogP contribution < -0.4 is 9.47 Å². The van der Waals surface area contributed by atoms with Crippen molar-refractivity contribution < 1.29 is 9.47 Å². The summed E-state index contributed by atoms with van der Waals surface area (Å²) in [6.45, 7) is 0. The fraction of sp³-hybridized carbons (Fsp3) is 0.167. The van der Waals surface area contributed by atoms with E-state index in [0.29, 0.717) is 4.64 Å². The number of methoxy groups -OCH3 is 2. The van der Waals surface area contributed by atoms with E-state index in [1.54, 1.807) is 26.6 Å². The summed E-state index contributed by atoms with van der Waals surface area (Å²) in [7, 11) is 3.23. The van der Waals surface area contributed by atoms with Gasteiger partial charge in [-0.25, -0.2) is 0 Å². The molecule has 0 saturated heterocycles. The van der Waals surface area contributed by atoms with E-state index in [2.05, 4.69) is 9.97 Å². The molecule has 0 unspecified atom stereocenters. The average Bonchev–Trinajstić information content (AvgIpc) is 2.38. The number of nitrogens with zero attached hydrogens (tertiary/aromatic N) is 1. The van der Waals surface area contributed by atoms with Crippen molar-refractivity contribution in [2.45, 2.75) is 0 Å². The quantitative estimate of drug-likeness (QED) is 0.848. The molecule has 88 valence electrons. The first-order valence-corrected chi connectivity index (χ1v) is 5.41. The van der Waals surface area contributed by atoms with Gasteiger partial charge in [-0.15, -0.1) is 0 Å². The van der Waals surface area contributed by atoms with Gasteiger partial charge in [0, 0.05) is 11.6 Å². The summed E-state index contributed by atoms with van der Waals surface area (Å²) < 4.78 is 11.0. The summed E-state index contributed by atoms with van der Waals surface area (Å²) in [5, 5.41) is 0. The maximum atomic E-state index is 5.21. The van der Waals surface area contributed by atoms with E-state index in [9.17, 15) is 0 Å². The fourth-order valence-corrected chi connectivity index (χ4v) is 1.66. The van der Waals surface area contributed by atoms with Crippen molar-refractivity contribution in [1.29, 1.82) is 0 Å². The lowest BCUT2D eigenvalue weighted by molar-refractivity contribution is 0.394. The van der Waals surface area contributed by atoms with Crippen LogP contribution in [-0.4, -0.2) is 24.2 Å². The summed E-state index contributed by atoms with van der Waals surface area (Å²) in [6, 6.07) is 5.60. The van der Waals surface area contributed by atoms with Gasteiger partial charge in [-0.1, -0.05) is 12.2 Å². The smallest absolute Gasteiger partial charge is 0.123 e. The molecule has 1 aromatic heterocycles. The first kappa shape index (κ1) is 11.6. The molecule has 2 aromatic rings. The molecule has 1 N–H and O–H groups in total. The molecule has 17 heavy (non-hydrogen) atoms. The Morgan fingerprint density at radius 1 is 1.06 bits per heavy atom. The van der Waals surface area contributed by atoms with Crippen LogP contribution in [0.4, 0.5) is 0 Å². The molecular formula is C12H12N2O2S. The van der Waals surface area contributed by atoms with E-state index in [-0.39, 0.29) is 0 Å². The number of ether oxygens (including phenoxy) is 2. The summed E-state index contributed by atoms with van der Waals surface area (Å²) >= 11 is 5.04. The fourth-order valence-electron chi connectivity index (χ4n) is 1.49. The molecule has 1 aromatic carbocycles. The maximum Gasteiger partial charge on any atom is 0.123 e. The number of nitrogens with one attached hydrogen (secondary N) is 1. The Morgan fingerprint density at radius 2 is 1.71 bits per heavy atom. The zero-order valence-electron chi connectivity index (χ0n) is 9.56. The Labute approximate surface area is 104 Å². The van der Waals surface area contributed by atoms with E-state index in [0.717, 1.165) is 22.8 Å². The van der Waals surface area contributed by atoms with Crippen molar-refractivity contribution in [3.05, 3.63) is 35.2 Å². The van der Waals surface area contributed by atoms with Crippen LogP contribution in [0.5, 0.6) is 11.5 Å². The number of aromatic nitrogens is 2. The number of H-pyrrole nitrogens is 1. The number of hydrogen-bond donors (Lipinski definition) is 1. The van der Waals surface area contributed by atoms with Crippen LogP contribution in [0.2, 0.25) is 0 Å². The SMILES string of the molecule is COc1cc(OC)cc(-c2cncc(=S)[nH]2)c1. The monoisotopic (exact) mass is 248 g/mol. The molecule has 0 aliphatic rings. The molecular weight excluding hydrogens is 236 g/mol. The molecule has 0 radical (unpaired) electrons. The summed E-state index contributed by atoms with van der Waals surface area (Å²) in [6.07, 6.45) is 3.31. The molecule has 0 spiro atoms. The second-order valence-corrected chi connectivity index (χ2v) is 3.85. The number of hydrogen-bond acceptors (Lipinski definition) is 4. The van der Waals surface area contributed by atoms with Gasteiger partial charge in [-0.3, -0.25) is 4.98 Å². The Hall–Kier alpha value is -1.88. The lowest BCUT2D eigenvalue weighted by Crippen LogP contribution is -1.91. The molecule has 0 fully saturated rings. The first-order chi connectivity index (χ1) is 8.22. The summed E-state index contributed by atoms with van der Waals surface area (Å²) in [5.74, 6) is 1.45. The van der Waals surface area contributed by atoms with Crippen molar-refractivity contribution in [3.63, 3.8) is 0 Å². The minimum atomic E-state index is 0.587. The van der Waals surface area contributed by atoms with Gasteiger partial charge in [0.25, 0.3) is 0 Å². The van der Waals surface area contributed by atoms with E-state index >= 15 is 0 Å². The van der Waals surface area contributed by atoms with Gasteiger partial charge >= 0.3 is 0 Å². The Morgan fingerprint density at radius 3 is 2.24 bits per heavy atom. The average molecular weight is 248 g/mol. The molecule has 0 saturated carbocycles. The minimum Gasteiger partial charge on any atom is -0.497 e. The molecule has 0 aliphatic carbocycles. The summed E-state index contributed by atoms with van der Waals surface area (Å²) in [5.41, 5.74) is 1.75. The van der Waals surface area contributed by atoms with Crippen LogP contribution in [0.25, 0.3) is 11.3 Å². The molecule has 4 nitrogen and oxygen atoms in total. The lowest BCUT2D eigenvalue weighted by Gasteiger charge is -2.08. The number of rotatable bonds is 3. The minimum absolute atomic E-state index is 0.587. The topological polar surface area (TPSA) is 47.1 Å². The van der Waals surface area contributed by atoms with E-state index in [1.165, 1.54) is 0 Å². The highest BCUT2D eigenvalue weighted by Gasteiger charge is 2.04. The van der Waals surface area contributed by atoms with Gasteiger partial charge in [-0.05, 0) is 12.1 Å². The van der Waals surface area contributed by atoms with E-state index in [1.807, 2.05) is 18.2 Å². The van der Waals surface area contributed by atoms with Crippen LogP contribution in [0, 0.1) is 4.64 Å². The molecule has 0 atom stereocenters. The van der Waals surface area contributed by atoms with Crippen molar-refractivity contribution in [1.82, 2.24) is 9.97 Å². The highest BCUT2D eigenvalue weighted by Crippen LogP contribution is 2.28. The standard InChI is InChI=1S/C12H12N2O2S/c1-15-9-3-8(4-10(5-9)16-2)11-6-13-7-12(17)14-11/h3-7H,1-2H3,(H,14,17). The third-order valence-corrected chi connectivity index (χ3v) is 2.52. The van der Waals surface area contributed by atoms with Crippen LogP contribution in [0.1, 0.15) is 0 Å². The highest BCUT2D eigenvalue weighted by molar-refractivity contribution is 7.71. The third kappa shape index (κ3) is 2.62. The largest absolute Gasteiger partial charge is 0.497 e. The van der Waals surface area contributed by atoms with E-state index in [4.69, 9.17) is 21.7 Å². The highest BCUT2D eigenvalue weighted by atomic mass is 32.1. The molecule has 0 amide bonds. The second kappa shape index (κ2) is 4.97. The van der Waals surface area contributed by atoms with Crippen molar-refractivity contribution in [2.24, 2.45) is 0 Å². The Bertz CT molecular complexity index is 558. The zero-order valence-corrected chi connectivity index (χ0v) is 10.4. The molecule has 1 heterocycles. The first-order valence-electron chi connectivity index (χ1n) is 5.00. The van der Waals surface area contributed by atoms with Gasteiger partial charge in [0.2, 0.25) is 0 Å². The number of benzene rings is 1. The van der Waals surface area contributed by atoms with Gasteiger partial charge in [0.1, 0.15) is 16.1 Å². The Balaban J connectivity index is 2.54.